The molecule has 5 N–H and O–H groups in total. The third-order valence-corrected chi connectivity index (χ3v) is 10.1. The van der Waals surface area contributed by atoms with Crippen LogP contribution in [-0.4, -0.2) is 76.0 Å². The van der Waals surface area contributed by atoms with E-state index >= 15 is 0 Å². The van der Waals surface area contributed by atoms with Gasteiger partial charge in [0, 0.05) is 28.4 Å². The number of alkyl halides is 2. The Hall–Kier alpha value is -2.61. The van der Waals surface area contributed by atoms with Crippen LogP contribution in [-0.2, 0) is 24.8 Å². The van der Waals surface area contributed by atoms with Gasteiger partial charge in [0.25, 0.3) is 5.91 Å². The monoisotopic (exact) mass is 611 g/mol. The van der Waals surface area contributed by atoms with Crippen LogP contribution in [0.15, 0.2) is 24.3 Å². The summed E-state index contributed by atoms with van der Waals surface area (Å²) < 4.78 is 43.5. The summed E-state index contributed by atoms with van der Waals surface area (Å²) in [4.78, 5) is 51.0. The van der Waals surface area contributed by atoms with Crippen molar-refractivity contribution >= 4 is 47.4 Å². The lowest BCUT2D eigenvalue weighted by atomic mass is 9.99. The maximum Gasteiger partial charge on any atom is 0.701 e. The summed E-state index contributed by atoms with van der Waals surface area (Å²) in [6.45, 7) is 0.833. The first-order valence-electron chi connectivity index (χ1n) is 13.6. The second kappa shape index (κ2) is 10.9. The molecule has 6 rings (SSSR count). The quantitative estimate of drug-likeness (QED) is 0.298. The van der Waals surface area contributed by atoms with E-state index in [9.17, 15) is 32.8 Å². The van der Waals surface area contributed by atoms with Gasteiger partial charge in [-0.25, -0.2) is 0 Å². The molecule has 4 fully saturated rings. The number of carbonyl (C=O) groups excluding carboxylic acids is 3. The van der Waals surface area contributed by atoms with E-state index < -0.39 is 50.1 Å². The zero-order chi connectivity index (χ0) is 29.1. The summed E-state index contributed by atoms with van der Waals surface area (Å²) in [7, 11) is -3.53. The number of aliphatic hydroxyl groups excluding tert-OH is 1. The number of hydrogen-bond donors (Lipinski definition) is 5. The predicted octanol–water partition coefficient (Wildman–Crippen LogP) is 1.95. The van der Waals surface area contributed by atoms with Gasteiger partial charge in [0.05, 0.1) is 22.6 Å². The number of hydrogen-bond acceptors (Lipinski definition) is 8. The van der Waals surface area contributed by atoms with E-state index in [4.69, 9.17) is 4.89 Å². The number of β-amino-alcohol motifs (C(OH)–C–C–N with tert-alkyl or cyclic N) is 1. The molecule has 3 aliphatic heterocycles. The van der Waals surface area contributed by atoms with Gasteiger partial charge >= 0.3 is 14.4 Å². The maximum atomic E-state index is 14.2. The Morgan fingerprint density at radius 3 is 2.63 bits per heavy atom. The summed E-state index contributed by atoms with van der Waals surface area (Å²) in [6.07, 6.45) is -1.25. The molecule has 1 aromatic carbocycles. The van der Waals surface area contributed by atoms with Crippen LogP contribution in [0.5, 0.6) is 0 Å². The minimum absolute atomic E-state index is 0.0970. The van der Waals surface area contributed by atoms with Crippen LogP contribution in [0, 0.1) is 11.8 Å². The molecule has 3 amide bonds. The maximum absolute atomic E-state index is 14.2. The highest BCUT2D eigenvalue weighted by Crippen LogP contribution is 2.49. The molecule has 0 radical (unpaired) electrons. The van der Waals surface area contributed by atoms with Gasteiger partial charge in [-0.1, -0.05) is 0 Å². The molecule has 0 spiro atoms. The predicted molar refractivity (Wildman–Crippen MR) is 143 cm³/mol. The number of benzene rings is 1. The average Bonchev–Trinajstić information content (AvgIpc) is 3.24. The minimum Gasteiger partial charge on any atom is -0.390 e. The van der Waals surface area contributed by atoms with Gasteiger partial charge in [-0.05, 0) is 78.1 Å². The van der Waals surface area contributed by atoms with E-state index in [0.717, 1.165) is 36.3 Å². The number of thiophene rings is 1. The highest BCUT2D eigenvalue weighted by molar-refractivity contribution is 7.32. The largest absolute Gasteiger partial charge is 0.701 e. The molecule has 1 unspecified atom stereocenters. The van der Waals surface area contributed by atoms with Crippen LogP contribution in [0.25, 0.3) is 10.1 Å². The van der Waals surface area contributed by atoms with Crippen LogP contribution in [0.3, 0.4) is 0 Å². The Labute approximate surface area is 238 Å². The smallest absolute Gasteiger partial charge is 0.390 e. The van der Waals surface area contributed by atoms with Gasteiger partial charge in [0.2, 0.25) is 11.8 Å². The van der Waals surface area contributed by atoms with E-state index in [0.29, 0.717) is 54.3 Å². The topological polar surface area (TPSA) is 157 Å². The van der Waals surface area contributed by atoms with Crippen molar-refractivity contribution in [1.29, 1.82) is 0 Å². The number of carbonyl (C=O) groups is 3. The van der Waals surface area contributed by atoms with Crippen molar-refractivity contribution in [3.05, 3.63) is 34.7 Å². The molecule has 0 bridgehead atoms. The number of fused-ring (bicyclic) bond motifs is 3. The zero-order valence-corrected chi connectivity index (χ0v) is 23.5. The number of aliphatic hydroxyl groups is 1. The molecule has 41 heavy (non-hydrogen) atoms. The zero-order valence-electron chi connectivity index (χ0n) is 21.8. The first-order valence-corrected chi connectivity index (χ1v) is 15.5. The van der Waals surface area contributed by atoms with Crippen LogP contribution < -0.4 is 16.0 Å². The first-order chi connectivity index (χ1) is 19.5. The van der Waals surface area contributed by atoms with Gasteiger partial charge < -0.3 is 26.0 Å². The molecule has 11 nitrogen and oxygen atoms in total. The Morgan fingerprint density at radius 2 is 1.90 bits per heavy atom. The van der Waals surface area contributed by atoms with Crippen LogP contribution in [0.1, 0.15) is 47.3 Å². The number of nitrogens with zero attached hydrogens (tertiary/aromatic N) is 1. The normalized spacial score (nSPS) is 31.7. The molecular weight excluding hydrogens is 581 g/mol. The van der Waals surface area contributed by atoms with Gasteiger partial charge in [-0.15, -0.1) is 16.2 Å². The van der Waals surface area contributed by atoms with Crippen LogP contribution in [0.2, 0.25) is 0 Å². The average molecular weight is 612 g/mol. The molecule has 3 saturated heterocycles. The highest BCUT2D eigenvalue weighted by atomic mass is 32.1. The van der Waals surface area contributed by atoms with Crippen LogP contribution in [0.4, 0.5) is 8.78 Å². The number of rotatable bonds is 7. The highest BCUT2D eigenvalue weighted by Gasteiger charge is 2.51. The minimum atomic E-state index is -3.99. The standard InChI is InChI=1S/C26H29F2N4O7PS/c27-26(28,39-40(37)38)15-1-4-21-14(6-15)9-22(41-21)24(35)30-17-8-13-5-12(13)7-16-2-3-19(32(16)25(17)36)23(34)31-18-10-29-11-20(18)33/h1,4,6,9,12-13,16-20,29,33H,2-3,5,7-8,10-11H2,(H2-,30,31,34,35,37,38)/p+1/t12-,13+,16-,17+,18+,19+,20+/m1/s1. The van der Waals surface area contributed by atoms with E-state index in [2.05, 4.69) is 20.5 Å². The Morgan fingerprint density at radius 1 is 1.12 bits per heavy atom. The Kier molecular flexibility index (Phi) is 7.58. The van der Waals surface area contributed by atoms with Gasteiger partial charge in [0.1, 0.15) is 12.1 Å². The van der Waals surface area contributed by atoms with Crippen molar-refractivity contribution in [2.24, 2.45) is 11.8 Å². The van der Waals surface area contributed by atoms with E-state index in [1.165, 1.54) is 12.1 Å². The summed E-state index contributed by atoms with van der Waals surface area (Å²) >= 11 is 1.07. The molecule has 4 heterocycles. The summed E-state index contributed by atoms with van der Waals surface area (Å²) in [5.74, 6) is -0.405. The van der Waals surface area contributed by atoms with Crippen molar-refractivity contribution in [3.8, 4) is 0 Å². The van der Waals surface area contributed by atoms with Crippen molar-refractivity contribution in [1.82, 2.24) is 20.9 Å². The van der Waals surface area contributed by atoms with Crippen molar-refractivity contribution in [2.45, 2.75) is 68.5 Å². The lowest BCUT2D eigenvalue weighted by Gasteiger charge is -2.35. The lowest BCUT2D eigenvalue weighted by Crippen LogP contribution is -2.58. The fourth-order valence-corrected chi connectivity index (χ4v) is 7.70. The van der Waals surface area contributed by atoms with E-state index in [-0.39, 0.29) is 22.7 Å². The third kappa shape index (κ3) is 5.73. The molecule has 1 aliphatic carbocycles. The lowest BCUT2D eigenvalue weighted by molar-refractivity contribution is -0.185. The SMILES string of the molecule is O=C(N[C@H]1C[C@@H]2C[C@@H]2C[C@H]2CC[C@@H](C(=O)N[C@H]3CNC[C@@H]3O)N2C1=O)c1cc2cc(C(F)(F)O[P+](=O)O)ccc2s1. The Bertz CT molecular complexity index is 1410. The second-order valence-electron chi connectivity index (χ2n) is 11.3. The first kappa shape index (κ1) is 28.5. The molecule has 2 aromatic rings. The molecule has 1 saturated carbocycles. The summed E-state index contributed by atoms with van der Waals surface area (Å²) in [6, 6.07) is 2.90. The van der Waals surface area contributed by atoms with Gasteiger partial charge in [-0.2, -0.15) is 8.78 Å². The van der Waals surface area contributed by atoms with Gasteiger partial charge in [0.15, 0.2) is 0 Å². The number of halogens is 2. The number of amides is 3. The third-order valence-electron chi connectivity index (χ3n) is 8.62. The molecular formula is C26H30F2N4O7PS+. The summed E-state index contributed by atoms with van der Waals surface area (Å²) in [5, 5.41) is 19.2. The molecule has 220 valence electrons. The molecule has 8 atom stereocenters. The fourth-order valence-electron chi connectivity index (χ4n) is 6.45. The summed E-state index contributed by atoms with van der Waals surface area (Å²) in [5.41, 5.74) is -0.632. The molecule has 15 heteroatoms. The van der Waals surface area contributed by atoms with Crippen molar-refractivity contribution < 1.29 is 42.3 Å². The second-order valence-corrected chi connectivity index (χ2v) is 13.0. The van der Waals surface area contributed by atoms with Gasteiger partial charge in [-0.3, -0.25) is 14.4 Å². The van der Waals surface area contributed by atoms with E-state index in [1.807, 2.05) is 0 Å². The number of nitrogens with one attached hydrogen (secondary N) is 3. The molecule has 1 aromatic heterocycles. The Balaban J connectivity index is 1.19. The van der Waals surface area contributed by atoms with Crippen LogP contribution >= 0.6 is 19.6 Å². The fraction of sp³-hybridized carbons (Fsp3) is 0.577. The molecule has 4 aliphatic rings. The van der Waals surface area contributed by atoms with Crippen molar-refractivity contribution in [2.75, 3.05) is 13.1 Å². The van der Waals surface area contributed by atoms with Crippen molar-refractivity contribution in [3.63, 3.8) is 0 Å². The van der Waals surface area contributed by atoms with E-state index in [1.54, 1.807) is 4.90 Å².